The van der Waals surface area contributed by atoms with Crippen molar-refractivity contribution in [3.8, 4) is 11.3 Å². The van der Waals surface area contributed by atoms with Crippen LogP contribution in [0.2, 0.25) is 5.22 Å². The molecule has 0 amide bonds. The standard InChI is InChI=1S/C10H8ClNO/c1-7-9(12-13-10(7)11)8-5-3-2-4-6-8/h2-6H,1H3. The molecule has 1 heterocycles. The van der Waals surface area contributed by atoms with Crippen LogP contribution in [0.1, 0.15) is 5.56 Å². The van der Waals surface area contributed by atoms with Gasteiger partial charge in [0.15, 0.2) is 0 Å². The van der Waals surface area contributed by atoms with Crippen LogP contribution >= 0.6 is 11.6 Å². The quantitative estimate of drug-likeness (QED) is 0.695. The number of nitrogens with zero attached hydrogens (tertiary/aromatic N) is 1. The minimum atomic E-state index is 0.360. The molecule has 0 aliphatic rings. The fourth-order valence-electron chi connectivity index (χ4n) is 1.18. The number of benzene rings is 1. The molecule has 1 aromatic carbocycles. The molecule has 1 aromatic heterocycles. The number of aromatic nitrogens is 1. The van der Waals surface area contributed by atoms with Crippen molar-refractivity contribution in [1.82, 2.24) is 5.16 Å². The van der Waals surface area contributed by atoms with E-state index in [4.69, 9.17) is 16.1 Å². The number of hydrogen-bond acceptors (Lipinski definition) is 2. The molecule has 3 heteroatoms. The monoisotopic (exact) mass is 193 g/mol. The van der Waals surface area contributed by atoms with Gasteiger partial charge < -0.3 is 4.52 Å². The lowest BCUT2D eigenvalue weighted by atomic mass is 10.1. The van der Waals surface area contributed by atoms with E-state index in [0.29, 0.717) is 5.22 Å². The zero-order valence-corrected chi connectivity index (χ0v) is 7.88. The van der Waals surface area contributed by atoms with Gasteiger partial charge in [-0.3, -0.25) is 0 Å². The summed E-state index contributed by atoms with van der Waals surface area (Å²) in [4.78, 5) is 0. The van der Waals surface area contributed by atoms with Crippen LogP contribution in [-0.4, -0.2) is 5.16 Å². The average molecular weight is 194 g/mol. The molecule has 0 spiro atoms. The Morgan fingerprint density at radius 3 is 2.46 bits per heavy atom. The number of halogens is 1. The fourth-order valence-corrected chi connectivity index (χ4v) is 1.30. The Labute approximate surface area is 81.1 Å². The van der Waals surface area contributed by atoms with Gasteiger partial charge in [0.1, 0.15) is 5.69 Å². The van der Waals surface area contributed by atoms with E-state index in [1.807, 2.05) is 37.3 Å². The number of rotatable bonds is 1. The van der Waals surface area contributed by atoms with Crippen LogP contribution in [0.15, 0.2) is 34.9 Å². The third-order valence-electron chi connectivity index (χ3n) is 1.91. The molecule has 0 atom stereocenters. The fraction of sp³-hybridized carbons (Fsp3) is 0.100. The van der Waals surface area contributed by atoms with Crippen molar-refractivity contribution in [3.05, 3.63) is 41.1 Å². The van der Waals surface area contributed by atoms with Crippen LogP contribution in [0.4, 0.5) is 0 Å². The zero-order valence-electron chi connectivity index (χ0n) is 7.12. The Morgan fingerprint density at radius 1 is 1.23 bits per heavy atom. The molecule has 0 aliphatic carbocycles. The lowest BCUT2D eigenvalue weighted by Crippen LogP contribution is -1.78. The first kappa shape index (κ1) is 8.32. The van der Waals surface area contributed by atoms with Crippen LogP contribution in [0.5, 0.6) is 0 Å². The summed E-state index contributed by atoms with van der Waals surface area (Å²) in [6.07, 6.45) is 0. The van der Waals surface area contributed by atoms with E-state index in [1.165, 1.54) is 0 Å². The van der Waals surface area contributed by atoms with Crippen LogP contribution in [-0.2, 0) is 0 Å². The third kappa shape index (κ3) is 1.45. The normalized spacial score (nSPS) is 10.3. The van der Waals surface area contributed by atoms with Gasteiger partial charge in [-0.25, -0.2) is 0 Å². The first-order valence-corrected chi connectivity index (χ1v) is 4.34. The second-order valence-corrected chi connectivity index (χ2v) is 3.14. The van der Waals surface area contributed by atoms with Gasteiger partial charge in [-0.05, 0) is 18.5 Å². The van der Waals surface area contributed by atoms with Gasteiger partial charge in [0.25, 0.3) is 0 Å². The summed E-state index contributed by atoms with van der Waals surface area (Å²) >= 11 is 5.75. The Bertz CT molecular complexity index is 408. The Morgan fingerprint density at radius 2 is 1.92 bits per heavy atom. The van der Waals surface area contributed by atoms with E-state index in [9.17, 15) is 0 Å². The first-order chi connectivity index (χ1) is 6.29. The molecule has 2 nitrogen and oxygen atoms in total. The molecule has 0 bridgehead atoms. The molecule has 0 saturated carbocycles. The van der Waals surface area contributed by atoms with Gasteiger partial charge in [0, 0.05) is 11.1 Å². The third-order valence-corrected chi connectivity index (χ3v) is 2.27. The van der Waals surface area contributed by atoms with Crippen molar-refractivity contribution < 1.29 is 4.52 Å². The SMILES string of the molecule is Cc1c(-c2ccccc2)noc1Cl. The summed E-state index contributed by atoms with van der Waals surface area (Å²) in [6.45, 7) is 1.89. The maximum Gasteiger partial charge on any atom is 0.229 e. The van der Waals surface area contributed by atoms with E-state index >= 15 is 0 Å². The van der Waals surface area contributed by atoms with Crippen molar-refractivity contribution in [2.75, 3.05) is 0 Å². The maximum absolute atomic E-state index is 5.75. The second kappa shape index (κ2) is 3.23. The lowest BCUT2D eigenvalue weighted by molar-refractivity contribution is 0.423. The highest BCUT2D eigenvalue weighted by Crippen LogP contribution is 2.26. The van der Waals surface area contributed by atoms with E-state index in [2.05, 4.69) is 5.16 Å². The second-order valence-electron chi connectivity index (χ2n) is 2.80. The summed E-state index contributed by atoms with van der Waals surface area (Å²) in [5.41, 5.74) is 2.72. The molecule has 0 N–H and O–H groups in total. The minimum absolute atomic E-state index is 0.360. The van der Waals surface area contributed by atoms with Crippen molar-refractivity contribution in [3.63, 3.8) is 0 Å². The van der Waals surface area contributed by atoms with Crippen LogP contribution in [0.3, 0.4) is 0 Å². The largest absolute Gasteiger partial charge is 0.344 e. The van der Waals surface area contributed by atoms with Gasteiger partial charge >= 0.3 is 0 Å². The maximum atomic E-state index is 5.75. The lowest BCUT2D eigenvalue weighted by Gasteiger charge is -1.94. The van der Waals surface area contributed by atoms with Crippen LogP contribution in [0, 0.1) is 6.92 Å². The molecule has 66 valence electrons. The van der Waals surface area contributed by atoms with Gasteiger partial charge in [0.05, 0.1) is 0 Å². The average Bonchev–Trinajstić information content (AvgIpc) is 2.49. The van der Waals surface area contributed by atoms with E-state index < -0.39 is 0 Å². The molecule has 2 rings (SSSR count). The summed E-state index contributed by atoms with van der Waals surface area (Å²) < 4.78 is 4.87. The summed E-state index contributed by atoms with van der Waals surface area (Å²) in [5.74, 6) is 0. The predicted octanol–water partition coefficient (Wildman–Crippen LogP) is 3.30. The van der Waals surface area contributed by atoms with Gasteiger partial charge in [-0.15, -0.1) is 0 Å². The molecule has 0 fully saturated rings. The van der Waals surface area contributed by atoms with E-state index in [1.54, 1.807) is 0 Å². The van der Waals surface area contributed by atoms with Gasteiger partial charge in [0.2, 0.25) is 5.22 Å². The van der Waals surface area contributed by atoms with Crippen molar-refractivity contribution in [1.29, 1.82) is 0 Å². The van der Waals surface area contributed by atoms with Crippen LogP contribution < -0.4 is 0 Å². The molecule has 0 aliphatic heterocycles. The Kier molecular flexibility index (Phi) is 2.07. The zero-order chi connectivity index (χ0) is 9.26. The molecule has 0 saturated heterocycles. The first-order valence-electron chi connectivity index (χ1n) is 3.96. The molecule has 2 aromatic rings. The van der Waals surface area contributed by atoms with Gasteiger partial charge in [-0.2, -0.15) is 0 Å². The number of hydrogen-bond donors (Lipinski definition) is 0. The Balaban J connectivity index is 2.53. The summed E-state index contributed by atoms with van der Waals surface area (Å²) in [6, 6.07) is 9.82. The Hall–Kier alpha value is -1.28. The molecule has 0 unspecified atom stereocenters. The molecule has 0 radical (unpaired) electrons. The molecular weight excluding hydrogens is 186 g/mol. The summed E-state index contributed by atoms with van der Waals surface area (Å²) in [7, 11) is 0. The van der Waals surface area contributed by atoms with E-state index in [0.717, 1.165) is 16.8 Å². The van der Waals surface area contributed by atoms with Crippen LogP contribution in [0.25, 0.3) is 11.3 Å². The topological polar surface area (TPSA) is 26.0 Å². The van der Waals surface area contributed by atoms with Crippen molar-refractivity contribution in [2.24, 2.45) is 0 Å². The van der Waals surface area contributed by atoms with Crippen molar-refractivity contribution in [2.45, 2.75) is 6.92 Å². The highest BCUT2D eigenvalue weighted by atomic mass is 35.5. The predicted molar refractivity (Wildman–Crippen MR) is 51.7 cm³/mol. The summed E-state index contributed by atoms with van der Waals surface area (Å²) in [5, 5.41) is 4.24. The molecule has 13 heavy (non-hydrogen) atoms. The smallest absolute Gasteiger partial charge is 0.229 e. The highest BCUT2D eigenvalue weighted by molar-refractivity contribution is 6.29. The minimum Gasteiger partial charge on any atom is -0.344 e. The molecular formula is C10H8ClNO. The van der Waals surface area contributed by atoms with Gasteiger partial charge in [-0.1, -0.05) is 35.5 Å². The highest BCUT2D eigenvalue weighted by Gasteiger charge is 2.10. The van der Waals surface area contributed by atoms with E-state index in [-0.39, 0.29) is 0 Å². The van der Waals surface area contributed by atoms with Crippen molar-refractivity contribution >= 4 is 11.6 Å².